The highest BCUT2D eigenvalue weighted by Crippen LogP contribution is 2.05. The van der Waals surface area contributed by atoms with Gasteiger partial charge in [-0.05, 0) is 12.8 Å². The second-order valence-corrected chi connectivity index (χ2v) is 2.69. The first-order valence-electron chi connectivity index (χ1n) is 3.81. The van der Waals surface area contributed by atoms with Crippen LogP contribution in [0.1, 0.15) is 12.8 Å². The molecule has 68 valence electrons. The van der Waals surface area contributed by atoms with E-state index in [9.17, 15) is 9.59 Å². The summed E-state index contributed by atoms with van der Waals surface area (Å²) in [7, 11) is 0. The molecule has 0 unspecified atom stereocenters. The van der Waals surface area contributed by atoms with Gasteiger partial charge in [0, 0.05) is 6.61 Å². The number of carboxylic acid groups (broad SMARTS) is 1. The van der Waals surface area contributed by atoms with Gasteiger partial charge in [-0.15, -0.1) is 0 Å². The van der Waals surface area contributed by atoms with Crippen molar-refractivity contribution in [2.75, 3.05) is 13.2 Å². The first-order chi connectivity index (χ1) is 5.70. The van der Waals surface area contributed by atoms with Crippen LogP contribution in [-0.2, 0) is 14.3 Å². The smallest absolute Gasteiger partial charge is 0.394 e. The zero-order valence-electron chi connectivity index (χ0n) is 6.58. The number of hydrogen-bond acceptors (Lipinski definition) is 3. The average Bonchev–Trinajstić information content (AvgIpc) is 2.06. The van der Waals surface area contributed by atoms with Crippen LogP contribution in [0, 0.1) is 0 Å². The minimum Gasteiger partial charge on any atom is -0.474 e. The molecular weight excluding hydrogens is 162 g/mol. The van der Waals surface area contributed by atoms with Gasteiger partial charge in [0.05, 0.1) is 12.6 Å². The zero-order valence-corrected chi connectivity index (χ0v) is 6.58. The van der Waals surface area contributed by atoms with Crippen LogP contribution in [0.3, 0.4) is 0 Å². The van der Waals surface area contributed by atoms with E-state index in [1.54, 1.807) is 0 Å². The molecule has 1 aliphatic heterocycles. The molecule has 1 saturated heterocycles. The van der Waals surface area contributed by atoms with E-state index >= 15 is 0 Å². The van der Waals surface area contributed by atoms with Crippen molar-refractivity contribution in [2.24, 2.45) is 0 Å². The number of ether oxygens (including phenoxy) is 1. The van der Waals surface area contributed by atoms with Gasteiger partial charge in [-0.2, -0.15) is 0 Å². The summed E-state index contributed by atoms with van der Waals surface area (Å²) in [5, 5.41) is 10.6. The third-order valence-electron chi connectivity index (χ3n) is 1.69. The minimum absolute atomic E-state index is 0.137. The van der Waals surface area contributed by atoms with E-state index in [0.29, 0.717) is 13.2 Å². The molecule has 5 nitrogen and oxygen atoms in total. The highest BCUT2D eigenvalue weighted by Gasteiger charge is 2.19. The Balaban J connectivity index is 2.29. The number of hydrogen-bond donors (Lipinski definition) is 2. The predicted octanol–water partition coefficient (Wildman–Crippen LogP) is -0.634. The summed E-state index contributed by atoms with van der Waals surface area (Å²) < 4.78 is 5.06. The molecule has 0 aromatic carbocycles. The maximum Gasteiger partial charge on any atom is 0.394 e. The van der Waals surface area contributed by atoms with Crippen LogP contribution in [0.5, 0.6) is 0 Å². The van der Waals surface area contributed by atoms with E-state index in [-0.39, 0.29) is 6.04 Å². The molecule has 12 heavy (non-hydrogen) atoms. The van der Waals surface area contributed by atoms with Crippen LogP contribution >= 0.6 is 0 Å². The molecule has 1 heterocycles. The van der Waals surface area contributed by atoms with Crippen LogP contribution in [0.15, 0.2) is 0 Å². The Bertz CT molecular complexity index is 186. The fraction of sp³-hybridized carbons (Fsp3) is 0.714. The second-order valence-electron chi connectivity index (χ2n) is 2.69. The quantitative estimate of drug-likeness (QED) is 0.517. The molecule has 2 N–H and O–H groups in total. The molecular formula is C7H11NO4. The Morgan fingerprint density at radius 1 is 1.50 bits per heavy atom. The lowest BCUT2D eigenvalue weighted by atomic mass is 10.1. The van der Waals surface area contributed by atoms with Crippen LogP contribution in [0.4, 0.5) is 0 Å². The highest BCUT2D eigenvalue weighted by atomic mass is 16.5. The lowest BCUT2D eigenvalue weighted by Gasteiger charge is -2.21. The summed E-state index contributed by atoms with van der Waals surface area (Å²) in [6.07, 6.45) is 1.66. The van der Waals surface area contributed by atoms with E-state index < -0.39 is 11.9 Å². The summed E-state index contributed by atoms with van der Waals surface area (Å²) >= 11 is 0. The summed E-state index contributed by atoms with van der Waals surface area (Å²) in [5.41, 5.74) is 0. The summed E-state index contributed by atoms with van der Waals surface area (Å²) in [5.74, 6) is -2.40. The first-order valence-corrected chi connectivity index (χ1v) is 3.81. The lowest BCUT2D eigenvalue weighted by Crippen LogP contribution is -2.43. The largest absolute Gasteiger partial charge is 0.474 e. The third kappa shape index (κ3) is 2.50. The van der Waals surface area contributed by atoms with Gasteiger partial charge in [-0.3, -0.25) is 4.79 Å². The van der Waals surface area contributed by atoms with Crippen molar-refractivity contribution in [3.63, 3.8) is 0 Å². The predicted molar refractivity (Wildman–Crippen MR) is 39.6 cm³/mol. The Morgan fingerprint density at radius 2 is 2.25 bits per heavy atom. The standard InChI is InChI=1S/C7H11NO4/c9-6(7(10)11)8-5-2-1-3-12-4-5/h5H,1-4H2,(H,8,9)(H,10,11)/t5-/m1/s1. The van der Waals surface area contributed by atoms with Gasteiger partial charge in [0.2, 0.25) is 0 Å². The van der Waals surface area contributed by atoms with Gasteiger partial charge in [-0.1, -0.05) is 0 Å². The molecule has 1 fully saturated rings. The van der Waals surface area contributed by atoms with Gasteiger partial charge >= 0.3 is 11.9 Å². The van der Waals surface area contributed by atoms with Crippen LogP contribution in [-0.4, -0.2) is 36.2 Å². The third-order valence-corrected chi connectivity index (χ3v) is 1.69. The number of amides is 1. The fourth-order valence-corrected chi connectivity index (χ4v) is 1.10. The summed E-state index contributed by atoms with van der Waals surface area (Å²) in [6, 6.07) is -0.137. The lowest BCUT2D eigenvalue weighted by molar-refractivity contribution is -0.150. The van der Waals surface area contributed by atoms with Crippen molar-refractivity contribution in [3.05, 3.63) is 0 Å². The van der Waals surface area contributed by atoms with E-state index in [1.807, 2.05) is 0 Å². The van der Waals surface area contributed by atoms with E-state index in [2.05, 4.69) is 5.32 Å². The SMILES string of the molecule is O=C(O)C(=O)N[C@@H]1CCCOC1. The molecule has 0 aromatic heterocycles. The Labute approximate surface area is 69.7 Å². The van der Waals surface area contributed by atoms with Gasteiger partial charge in [0.1, 0.15) is 0 Å². The topological polar surface area (TPSA) is 75.6 Å². The van der Waals surface area contributed by atoms with Crippen molar-refractivity contribution >= 4 is 11.9 Å². The van der Waals surface area contributed by atoms with Gasteiger partial charge in [-0.25, -0.2) is 4.79 Å². The van der Waals surface area contributed by atoms with Crippen molar-refractivity contribution < 1.29 is 19.4 Å². The Kier molecular flexibility index (Phi) is 3.04. The van der Waals surface area contributed by atoms with Gasteiger partial charge < -0.3 is 15.2 Å². The number of carbonyl (C=O) groups is 2. The van der Waals surface area contributed by atoms with Crippen molar-refractivity contribution in [1.82, 2.24) is 5.32 Å². The molecule has 1 atom stereocenters. The molecule has 0 spiro atoms. The average molecular weight is 173 g/mol. The fourth-order valence-electron chi connectivity index (χ4n) is 1.10. The molecule has 1 amide bonds. The molecule has 0 bridgehead atoms. The normalized spacial score (nSPS) is 23.2. The van der Waals surface area contributed by atoms with E-state index in [1.165, 1.54) is 0 Å². The molecule has 0 radical (unpaired) electrons. The van der Waals surface area contributed by atoms with Crippen molar-refractivity contribution in [2.45, 2.75) is 18.9 Å². The van der Waals surface area contributed by atoms with Gasteiger partial charge in [0.15, 0.2) is 0 Å². The molecule has 0 aliphatic carbocycles. The number of rotatable bonds is 1. The maximum atomic E-state index is 10.6. The Morgan fingerprint density at radius 3 is 2.75 bits per heavy atom. The monoisotopic (exact) mass is 173 g/mol. The summed E-state index contributed by atoms with van der Waals surface area (Å²) in [6.45, 7) is 1.11. The maximum absolute atomic E-state index is 10.6. The number of carboxylic acids is 1. The van der Waals surface area contributed by atoms with Gasteiger partial charge in [0.25, 0.3) is 0 Å². The first kappa shape index (κ1) is 8.99. The molecule has 0 aromatic rings. The van der Waals surface area contributed by atoms with Crippen molar-refractivity contribution in [3.8, 4) is 0 Å². The molecule has 1 aliphatic rings. The molecule has 1 rings (SSSR count). The van der Waals surface area contributed by atoms with E-state index in [0.717, 1.165) is 12.8 Å². The number of carbonyl (C=O) groups excluding carboxylic acids is 1. The zero-order chi connectivity index (χ0) is 8.97. The van der Waals surface area contributed by atoms with Crippen molar-refractivity contribution in [1.29, 1.82) is 0 Å². The highest BCUT2D eigenvalue weighted by molar-refractivity contribution is 6.31. The molecule has 5 heteroatoms. The van der Waals surface area contributed by atoms with Crippen LogP contribution in [0.25, 0.3) is 0 Å². The van der Waals surface area contributed by atoms with Crippen LogP contribution < -0.4 is 5.32 Å². The molecule has 0 saturated carbocycles. The number of nitrogens with one attached hydrogen (secondary N) is 1. The second kappa shape index (κ2) is 4.06. The van der Waals surface area contributed by atoms with Crippen LogP contribution in [0.2, 0.25) is 0 Å². The minimum atomic E-state index is -1.44. The Hall–Kier alpha value is -1.10. The van der Waals surface area contributed by atoms with E-state index in [4.69, 9.17) is 9.84 Å². The number of aliphatic carboxylic acids is 1. The summed E-state index contributed by atoms with van der Waals surface area (Å²) in [4.78, 5) is 20.8.